The minimum atomic E-state index is -0.0253. The molecule has 0 saturated heterocycles. The molecule has 0 aromatic heterocycles. The summed E-state index contributed by atoms with van der Waals surface area (Å²) in [5, 5.41) is 25.7. The summed E-state index contributed by atoms with van der Waals surface area (Å²) in [7, 11) is 0. The first-order valence-electron chi connectivity index (χ1n) is 4.25. The topological polar surface area (TPSA) is 69.9 Å². The van der Waals surface area contributed by atoms with Crippen molar-refractivity contribution in [1.29, 1.82) is 0 Å². The third-order valence-corrected chi connectivity index (χ3v) is 1.65. The summed E-state index contributed by atoms with van der Waals surface area (Å²) in [6.45, 7) is 1.04. The van der Waals surface area contributed by atoms with E-state index in [2.05, 4.69) is 0 Å². The van der Waals surface area contributed by atoms with Crippen molar-refractivity contribution < 1.29 is 20.1 Å². The summed E-state index contributed by atoms with van der Waals surface area (Å²) in [5.41, 5.74) is 0. The molecule has 0 rings (SSSR count). The van der Waals surface area contributed by atoms with Crippen LogP contribution in [0.5, 0.6) is 0 Å². The predicted molar refractivity (Wildman–Crippen MR) is 44.8 cm³/mol. The maximum atomic E-state index is 8.69. The summed E-state index contributed by atoms with van der Waals surface area (Å²) in [5.74, 6) is -0.0253. The molecule has 0 aliphatic heterocycles. The Labute approximate surface area is 72.8 Å². The van der Waals surface area contributed by atoms with E-state index in [9.17, 15) is 0 Å². The van der Waals surface area contributed by atoms with Gasteiger partial charge in [-0.3, -0.25) is 0 Å². The molecule has 0 aliphatic carbocycles. The molecule has 4 heteroatoms. The molecule has 0 fully saturated rings. The van der Waals surface area contributed by atoms with E-state index in [-0.39, 0.29) is 25.7 Å². The maximum absolute atomic E-state index is 8.69. The Morgan fingerprint density at radius 1 is 1.00 bits per heavy atom. The highest BCUT2D eigenvalue weighted by atomic mass is 16.5. The van der Waals surface area contributed by atoms with Gasteiger partial charge in [-0.15, -0.1) is 0 Å². The van der Waals surface area contributed by atoms with Gasteiger partial charge >= 0.3 is 0 Å². The van der Waals surface area contributed by atoms with Crippen LogP contribution in [-0.4, -0.2) is 48.4 Å². The van der Waals surface area contributed by atoms with E-state index in [0.717, 1.165) is 12.8 Å². The number of hydrogen-bond acceptors (Lipinski definition) is 4. The first-order valence-corrected chi connectivity index (χ1v) is 4.25. The lowest BCUT2D eigenvalue weighted by molar-refractivity contribution is 0.0797. The molecule has 0 amide bonds. The fraction of sp³-hybridized carbons (Fsp3) is 1.00. The van der Waals surface area contributed by atoms with E-state index in [4.69, 9.17) is 20.1 Å². The fourth-order valence-electron chi connectivity index (χ4n) is 0.881. The van der Waals surface area contributed by atoms with E-state index in [1.54, 1.807) is 0 Å². The quantitative estimate of drug-likeness (QED) is 0.433. The van der Waals surface area contributed by atoms with Gasteiger partial charge in [0, 0.05) is 25.7 Å². The Morgan fingerprint density at radius 2 is 1.67 bits per heavy atom. The standard InChI is InChI=1S/C8H18O4/c9-3-5-12-4-1-2-8(6-10)7-11/h8-11H,1-7H2. The van der Waals surface area contributed by atoms with Gasteiger partial charge in [-0.05, 0) is 12.8 Å². The summed E-state index contributed by atoms with van der Waals surface area (Å²) in [6.07, 6.45) is 1.57. The Morgan fingerprint density at radius 3 is 2.17 bits per heavy atom. The van der Waals surface area contributed by atoms with Gasteiger partial charge in [-0.25, -0.2) is 0 Å². The Balaban J connectivity index is 3.06. The second kappa shape index (κ2) is 8.93. The highest BCUT2D eigenvalue weighted by molar-refractivity contribution is 4.54. The average Bonchev–Trinajstić information content (AvgIpc) is 2.11. The molecule has 0 radical (unpaired) electrons. The number of rotatable bonds is 8. The zero-order chi connectivity index (χ0) is 9.23. The van der Waals surface area contributed by atoms with Gasteiger partial charge in [0.15, 0.2) is 0 Å². The van der Waals surface area contributed by atoms with Crippen LogP contribution in [0.15, 0.2) is 0 Å². The minimum absolute atomic E-state index is 0.0243. The van der Waals surface area contributed by atoms with Gasteiger partial charge in [0.1, 0.15) is 0 Å². The first kappa shape index (κ1) is 11.8. The third kappa shape index (κ3) is 6.54. The Hall–Kier alpha value is -0.160. The van der Waals surface area contributed by atoms with Crippen molar-refractivity contribution in [2.45, 2.75) is 12.8 Å². The molecule has 0 atom stereocenters. The molecule has 74 valence electrons. The van der Waals surface area contributed by atoms with Crippen LogP contribution in [0.25, 0.3) is 0 Å². The van der Waals surface area contributed by atoms with Crippen LogP contribution < -0.4 is 0 Å². The van der Waals surface area contributed by atoms with Gasteiger partial charge in [0.2, 0.25) is 0 Å². The van der Waals surface area contributed by atoms with Gasteiger partial charge < -0.3 is 20.1 Å². The normalized spacial score (nSPS) is 11.0. The van der Waals surface area contributed by atoms with Gasteiger partial charge in [0.05, 0.1) is 13.2 Å². The van der Waals surface area contributed by atoms with Gasteiger partial charge in [-0.1, -0.05) is 0 Å². The zero-order valence-corrected chi connectivity index (χ0v) is 7.28. The van der Waals surface area contributed by atoms with Crippen molar-refractivity contribution in [3.63, 3.8) is 0 Å². The van der Waals surface area contributed by atoms with Crippen molar-refractivity contribution in [3.05, 3.63) is 0 Å². The molecule has 0 aliphatic rings. The van der Waals surface area contributed by atoms with Crippen LogP contribution in [0.2, 0.25) is 0 Å². The maximum Gasteiger partial charge on any atom is 0.0697 e. The van der Waals surface area contributed by atoms with Crippen molar-refractivity contribution in [1.82, 2.24) is 0 Å². The molecule has 0 aromatic rings. The molecule has 0 aromatic carbocycles. The molecule has 0 heterocycles. The molecule has 3 N–H and O–H groups in total. The monoisotopic (exact) mass is 178 g/mol. The van der Waals surface area contributed by atoms with E-state index in [1.807, 2.05) is 0 Å². The van der Waals surface area contributed by atoms with Gasteiger partial charge in [0.25, 0.3) is 0 Å². The van der Waals surface area contributed by atoms with Crippen LogP contribution in [0, 0.1) is 5.92 Å². The largest absolute Gasteiger partial charge is 0.396 e. The summed E-state index contributed by atoms with van der Waals surface area (Å²) in [6, 6.07) is 0. The Kier molecular flexibility index (Phi) is 8.81. The van der Waals surface area contributed by atoms with Crippen LogP contribution in [0.1, 0.15) is 12.8 Å². The molecule has 4 nitrogen and oxygen atoms in total. The second-order valence-corrected chi connectivity index (χ2v) is 2.71. The van der Waals surface area contributed by atoms with Crippen molar-refractivity contribution in [2.75, 3.05) is 33.0 Å². The lowest BCUT2D eigenvalue weighted by atomic mass is 10.1. The fourth-order valence-corrected chi connectivity index (χ4v) is 0.881. The van der Waals surface area contributed by atoms with E-state index >= 15 is 0 Å². The molecule has 0 saturated carbocycles. The van der Waals surface area contributed by atoms with Crippen LogP contribution >= 0.6 is 0 Å². The molecule has 12 heavy (non-hydrogen) atoms. The lowest BCUT2D eigenvalue weighted by Crippen LogP contribution is -2.12. The van der Waals surface area contributed by atoms with E-state index in [0.29, 0.717) is 13.2 Å². The summed E-state index contributed by atoms with van der Waals surface area (Å²) >= 11 is 0. The van der Waals surface area contributed by atoms with Crippen molar-refractivity contribution >= 4 is 0 Å². The SMILES string of the molecule is OCCOCCCC(CO)CO. The van der Waals surface area contributed by atoms with Crippen LogP contribution in [0.4, 0.5) is 0 Å². The zero-order valence-electron chi connectivity index (χ0n) is 7.28. The minimum Gasteiger partial charge on any atom is -0.396 e. The summed E-state index contributed by atoms with van der Waals surface area (Å²) in [4.78, 5) is 0. The highest BCUT2D eigenvalue weighted by Crippen LogP contribution is 2.04. The number of aliphatic hydroxyl groups is 3. The van der Waals surface area contributed by atoms with E-state index < -0.39 is 0 Å². The smallest absolute Gasteiger partial charge is 0.0697 e. The van der Waals surface area contributed by atoms with Crippen LogP contribution in [0.3, 0.4) is 0 Å². The molecular weight excluding hydrogens is 160 g/mol. The summed E-state index contributed by atoms with van der Waals surface area (Å²) < 4.78 is 5.01. The lowest BCUT2D eigenvalue weighted by Gasteiger charge is -2.09. The predicted octanol–water partition coefficient (Wildman–Crippen LogP) is -0.624. The van der Waals surface area contributed by atoms with Gasteiger partial charge in [-0.2, -0.15) is 0 Å². The van der Waals surface area contributed by atoms with Crippen LogP contribution in [-0.2, 0) is 4.74 Å². The number of hydrogen-bond donors (Lipinski definition) is 3. The van der Waals surface area contributed by atoms with Crippen molar-refractivity contribution in [3.8, 4) is 0 Å². The Bertz CT molecular complexity index is 83.1. The molecule has 0 unspecified atom stereocenters. The molecular formula is C8H18O4. The number of ether oxygens (including phenoxy) is 1. The third-order valence-electron chi connectivity index (χ3n) is 1.65. The highest BCUT2D eigenvalue weighted by Gasteiger charge is 2.04. The number of aliphatic hydroxyl groups excluding tert-OH is 3. The molecule has 0 bridgehead atoms. The second-order valence-electron chi connectivity index (χ2n) is 2.71. The first-order chi connectivity index (χ1) is 5.85. The molecule has 0 spiro atoms. The average molecular weight is 178 g/mol. The van der Waals surface area contributed by atoms with E-state index in [1.165, 1.54) is 0 Å². The van der Waals surface area contributed by atoms with Crippen molar-refractivity contribution in [2.24, 2.45) is 5.92 Å².